The number of anilines is 2. The van der Waals surface area contributed by atoms with E-state index < -0.39 is 28.3 Å². The van der Waals surface area contributed by atoms with Gasteiger partial charge in [-0.2, -0.15) is 10.2 Å². The maximum absolute atomic E-state index is 15.4. The zero-order valence-corrected chi connectivity index (χ0v) is 31.6. The number of pyridine rings is 2. The standard InChI is InChI=1S/C40H47F3N10O2/c1-39(2,37(54)46-35-31(42)33(48-50-35)27-17-24-7-5-6-8-30(24)45-20-27)11-15-52-13-9-25(22-52)26-10-14-53(23-26)16-12-40(3,4)38(55)47-36-32(43)34(49-51-36)28-18-29(41)21-44-19-28/h5-8,17-21,25-26H,9-16,22-23H2,1-4H3,(H2,46,48,50,54)(H2,47,49,51,55). The van der Waals surface area contributed by atoms with Crippen molar-refractivity contribution in [2.24, 2.45) is 22.7 Å². The summed E-state index contributed by atoms with van der Waals surface area (Å²) in [5.74, 6) is -1.91. The molecule has 2 unspecified atom stereocenters. The normalized spacial score (nSPS) is 18.3. The second-order valence-corrected chi connectivity index (χ2v) is 16.2. The lowest BCUT2D eigenvalue weighted by molar-refractivity contribution is -0.125. The predicted molar refractivity (Wildman–Crippen MR) is 204 cm³/mol. The first kappa shape index (κ1) is 38.1. The van der Waals surface area contributed by atoms with Gasteiger partial charge in [0.25, 0.3) is 0 Å². The zero-order valence-electron chi connectivity index (χ0n) is 31.6. The number of likely N-dealkylation sites (tertiary alicyclic amines) is 2. The van der Waals surface area contributed by atoms with Gasteiger partial charge in [0.1, 0.15) is 17.2 Å². The number of halogens is 3. The van der Waals surface area contributed by atoms with Crippen LogP contribution in [0.15, 0.2) is 55.0 Å². The highest BCUT2D eigenvalue weighted by atomic mass is 19.1. The van der Waals surface area contributed by atoms with Gasteiger partial charge in [0, 0.05) is 52.8 Å². The van der Waals surface area contributed by atoms with Gasteiger partial charge in [-0.1, -0.05) is 45.9 Å². The summed E-state index contributed by atoms with van der Waals surface area (Å²) in [7, 11) is 0. The van der Waals surface area contributed by atoms with Gasteiger partial charge >= 0.3 is 0 Å². The second-order valence-electron chi connectivity index (χ2n) is 16.2. The molecule has 5 aromatic rings. The number of carbonyl (C=O) groups is 2. The van der Waals surface area contributed by atoms with E-state index in [9.17, 15) is 14.0 Å². The van der Waals surface area contributed by atoms with Crippen LogP contribution in [0.1, 0.15) is 53.4 Å². The van der Waals surface area contributed by atoms with Crippen molar-refractivity contribution in [3.05, 3.63) is 72.4 Å². The van der Waals surface area contributed by atoms with Gasteiger partial charge in [0.05, 0.1) is 11.7 Å². The van der Waals surface area contributed by atoms with Gasteiger partial charge in [-0.05, 0) is 81.9 Å². The number of rotatable bonds is 13. The molecule has 2 fully saturated rings. The molecular formula is C40H47F3N10O2. The average molecular weight is 757 g/mol. The maximum atomic E-state index is 15.4. The molecule has 0 bridgehead atoms. The fourth-order valence-corrected chi connectivity index (χ4v) is 7.52. The maximum Gasteiger partial charge on any atom is 0.231 e. The Kier molecular flexibility index (Phi) is 10.8. The van der Waals surface area contributed by atoms with Gasteiger partial charge in [0.15, 0.2) is 23.3 Å². The predicted octanol–water partition coefficient (Wildman–Crippen LogP) is 6.88. The zero-order chi connectivity index (χ0) is 38.9. The Morgan fingerprint density at radius 2 is 1.29 bits per heavy atom. The molecule has 4 N–H and O–H groups in total. The van der Waals surface area contributed by atoms with E-state index in [1.165, 1.54) is 6.20 Å². The summed E-state index contributed by atoms with van der Waals surface area (Å²) in [6, 6.07) is 10.6. The van der Waals surface area contributed by atoms with Gasteiger partial charge in [-0.25, -0.2) is 13.2 Å². The van der Waals surface area contributed by atoms with Gasteiger partial charge in [0.2, 0.25) is 11.8 Å². The number of fused-ring (bicyclic) bond motifs is 1. The summed E-state index contributed by atoms with van der Waals surface area (Å²) >= 11 is 0. The molecule has 2 aliphatic rings. The summed E-state index contributed by atoms with van der Waals surface area (Å²) < 4.78 is 44.1. The lowest BCUT2D eigenvalue weighted by atomic mass is 9.87. The van der Waals surface area contributed by atoms with Crippen molar-refractivity contribution in [1.29, 1.82) is 0 Å². The van der Waals surface area contributed by atoms with Crippen LogP contribution in [-0.4, -0.2) is 91.2 Å². The van der Waals surface area contributed by atoms with Crippen molar-refractivity contribution in [2.75, 3.05) is 49.9 Å². The molecule has 7 rings (SSSR count). The third-order valence-electron chi connectivity index (χ3n) is 11.4. The van der Waals surface area contributed by atoms with Crippen molar-refractivity contribution in [3.8, 4) is 22.5 Å². The Labute approximate surface area is 317 Å². The van der Waals surface area contributed by atoms with E-state index in [-0.39, 0.29) is 40.4 Å². The largest absolute Gasteiger partial charge is 0.306 e. The van der Waals surface area contributed by atoms with Crippen LogP contribution in [0.5, 0.6) is 0 Å². The van der Waals surface area contributed by atoms with Crippen LogP contribution >= 0.6 is 0 Å². The minimum absolute atomic E-state index is 0.0463. The van der Waals surface area contributed by atoms with Gasteiger partial charge < -0.3 is 20.4 Å². The second kappa shape index (κ2) is 15.5. The van der Waals surface area contributed by atoms with Crippen molar-refractivity contribution < 1.29 is 22.8 Å². The Bertz CT molecular complexity index is 2180. The average Bonchev–Trinajstić information content (AvgIpc) is 3.98. The molecule has 2 atom stereocenters. The van der Waals surface area contributed by atoms with Crippen LogP contribution < -0.4 is 10.6 Å². The molecule has 0 saturated carbocycles. The van der Waals surface area contributed by atoms with Crippen LogP contribution in [0, 0.1) is 40.1 Å². The minimum atomic E-state index is -0.784. The van der Waals surface area contributed by atoms with Gasteiger partial charge in [-0.15, -0.1) is 0 Å². The molecule has 2 aliphatic heterocycles. The fraction of sp³-hybridized carbons (Fsp3) is 0.450. The lowest BCUT2D eigenvalue weighted by Gasteiger charge is -2.27. The molecule has 0 radical (unpaired) electrons. The lowest BCUT2D eigenvalue weighted by Crippen LogP contribution is -2.36. The first-order chi connectivity index (χ1) is 26.3. The topological polar surface area (TPSA) is 148 Å². The Balaban J connectivity index is 0.849. The number of benzene rings is 1. The van der Waals surface area contributed by atoms with Gasteiger partial charge in [-0.3, -0.25) is 29.8 Å². The number of hydrogen-bond acceptors (Lipinski definition) is 8. The molecule has 290 valence electrons. The summed E-state index contributed by atoms with van der Waals surface area (Å²) in [5, 5.41) is 19.4. The summed E-state index contributed by atoms with van der Waals surface area (Å²) in [6.45, 7) is 12.7. The first-order valence-corrected chi connectivity index (χ1v) is 18.8. The molecule has 0 spiro atoms. The summed E-state index contributed by atoms with van der Waals surface area (Å²) in [4.78, 5) is 39.5. The van der Waals surface area contributed by atoms with E-state index in [4.69, 9.17) is 0 Å². The molecule has 15 heteroatoms. The SMILES string of the molecule is CC(C)(CCN1CCC(C2CCN(CCC(C)(C)C(=O)Nc3n[nH]c(-c4cnc5ccccc5c4)c3F)C2)C1)C(=O)Nc1n[nH]c(-c2cncc(F)c2)c1F. The Morgan fingerprint density at radius 3 is 1.84 bits per heavy atom. The molecule has 12 nitrogen and oxygen atoms in total. The van der Waals surface area contributed by atoms with Crippen molar-refractivity contribution in [3.63, 3.8) is 0 Å². The molecule has 55 heavy (non-hydrogen) atoms. The number of H-pyrrole nitrogens is 2. The number of nitrogens with zero attached hydrogens (tertiary/aromatic N) is 6. The quantitative estimate of drug-likeness (QED) is 0.102. The van der Waals surface area contributed by atoms with Crippen molar-refractivity contribution in [2.45, 2.75) is 53.4 Å². The van der Waals surface area contributed by atoms with Crippen LogP contribution in [-0.2, 0) is 9.59 Å². The molecule has 6 heterocycles. The molecule has 1 aromatic carbocycles. The number of hydrogen-bond donors (Lipinski definition) is 4. The van der Waals surface area contributed by atoms with Crippen molar-refractivity contribution in [1.82, 2.24) is 40.2 Å². The fourth-order valence-electron chi connectivity index (χ4n) is 7.52. The van der Waals surface area contributed by atoms with Crippen molar-refractivity contribution >= 4 is 34.4 Å². The molecule has 2 amide bonds. The summed E-state index contributed by atoms with van der Waals surface area (Å²) in [5.41, 5.74) is 0.141. The third-order valence-corrected chi connectivity index (χ3v) is 11.4. The number of aromatic amines is 2. The van der Waals surface area contributed by atoms with Crippen LogP contribution in [0.4, 0.5) is 24.8 Å². The molecular weight excluding hydrogens is 710 g/mol. The van der Waals surface area contributed by atoms with E-state index >= 15 is 8.78 Å². The Hall–Kier alpha value is -5.15. The molecule has 4 aromatic heterocycles. The Morgan fingerprint density at radius 1 is 0.764 bits per heavy atom. The van der Waals surface area contributed by atoms with E-state index in [0.717, 1.165) is 75.3 Å². The first-order valence-electron chi connectivity index (χ1n) is 18.8. The monoisotopic (exact) mass is 756 g/mol. The minimum Gasteiger partial charge on any atom is -0.306 e. The highest BCUT2D eigenvalue weighted by molar-refractivity contribution is 5.95. The van der Waals surface area contributed by atoms with Crippen LogP contribution in [0.3, 0.4) is 0 Å². The third kappa shape index (κ3) is 8.42. The van der Waals surface area contributed by atoms with E-state index in [1.807, 2.05) is 58.0 Å². The number of para-hydroxylation sites is 1. The number of amides is 2. The number of aromatic nitrogens is 6. The van der Waals surface area contributed by atoms with E-state index in [1.54, 1.807) is 6.20 Å². The van der Waals surface area contributed by atoms with E-state index in [0.29, 0.717) is 30.2 Å². The number of carbonyl (C=O) groups excluding carboxylic acids is 2. The van der Waals surface area contributed by atoms with Crippen LogP contribution in [0.2, 0.25) is 0 Å². The smallest absolute Gasteiger partial charge is 0.231 e. The van der Waals surface area contributed by atoms with Crippen LogP contribution in [0.25, 0.3) is 33.4 Å². The number of nitrogens with one attached hydrogen (secondary N) is 4. The molecule has 0 aliphatic carbocycles. The molecule has 2 saturated heterocycles. The highest BCUT2D eigenvalue weighted by Crippen LogP contribution is 2.35. The van der Waals surface area contributed by atoms with E-state index in [2.05, 4.69) is 50.8 Å². The highest BCUT2D eigenvalue weighted by Gasteiger charge is 2.37. The summed E-state index contributed by atoms with van der Waals surface area (Å²) in [6.07, 6.45) is 7.29.